The number of carbonyl (C=O) groups is 1. The van der Waals surface area contributed by atoms with E-state index in [0.717, 1.165) is 35.7 Å². The van der Waals surface area contributed by atoms with Gasteiger partial charge in [0.1, 0.15) is 9.57 Å². The predicted molar refractivity (Wildman–Crippen MR) is 168 cm³/mol. The Morgan fingerprint density at radius 1 is 1.11 bits per heavy atom. The van der Waals surface area contributed by atoms with E-state index >= 15 is 0 Å². The fourth-order valence-corrected chi connectivity index (χ4v) is 6.81. The van der Waals surface area contributed by atoms with Gasteiger partial charge in [-0.1, -0.05) is 73.4 Å². The smallest absolute Gasteiger partial charge is 0.266 e. The van der Waals surface area contributed by atoms with E-state index in [1.165, 1.54) is 59.5 Å². The molecule has 0 radical (unpaired) electrons. The summed E-state index contributed by atoms with van der Waals surface area (Å²) in [6, 6.07) is 15.4. The number of rotatable bonds is 10. The van der Waals surface area contributed by atoms with E-state index in [9.17, 15) is 9.59 Å². The third-order valence-corrected chi connectivity index (χ3v) is 8.92. The summed E-state index contributed by atoms with van der Waals surface area (Å²) in [6.45, 7) is 5.64. The SMILES string of the molecule is CCCCCCN1c2ccccc2CCc2cc(/C=C/C=c3/s/c(=C(/SS)C(=O)NCC)[nH]c3=O)ccc21. The quantitative estimate of drug-likeness (QED) is 0.171. The summed E-state index contributed by atoms with van der Waals surface area (Å²) in [4.78, 5) is 30.4. The van der Waals surface area contributed by atoms with Crippen LogP contribution in [0.4, 0.5) is 11.4 Å². The summed E-state index contributed by atoms with van der Waals surface area (Å²) >= 11 is 5.46. The Morgan fingerprint density at radius 3 is 2.68 bits per heavy atom. The zero-order chi connectivity index (χ0) is 26.9. The molecule has 5 nitrogen and oxygen atoms in total. The molecule has 0 saturated carbocycles. The first-order valence-corrected chi connectivity index (χ1v) is 15.9. The summed E-state index contributed by atoms with van der Waals surface area (Å²) in [7, 11) is 1.03. The first-order valence-electron chi connectivity index (χ1n) is 13.3. The standard InChI is InChI=1S/C30H35N3O2S3/c1-3-5-6-9-19-33-24-13-8-7-12-22(24)16-17-23-20-21(15-18-25(23)33)11-10-14-26-28(34)32-30(37-26)27(38-36)29(35)31-4-2/h7-8,10-15,18,20,36H,3-6,9,16-17,19H2,1-2H3,(H,31,35)(H,32,34)/b11-10+,26-14+,30-27+. The van der Waals surface area contributed by atoms with Gasteiger partial charge in [0, 0.05) is 24.5 Å². The lowest BCUT2D eigenvalue weighted by molar-refractivity contribution is -0.115. The zero-order valence-corrected chi connectivity index (χ0v) is 24.5. The highest BCUT2D eigenvalue weighted by molar-refractivity contribution is 8.72. The lowest BCUT2D eigenvalue weighted by Crippen LogP contribution is -2.26. The monoisotopic (exact) mass is 565 g/mol. The number of anilines is 2. The van der Waals surface area contributed by atoms with E-state index in [0.29, 0.717) is 20.6 Å². The number of hydrogen-bond donors (Lipinski definition) is 3. The molecule has 2 heterocycles. The highest BCUT2D eigenvalue weighted by Crippen LogP contribution is 2.37. The van der Waals surface area contributed by atoms with Crippen LogP contribution in [0, 0.1) is 0 Å². The molecule has 0 unspecified atom stereocenters. The van der Waals surface area contributed by atoms with Crippen LogP contribution in [0.2, 0.25) is 0 Å². The molecule has 0 atom stereocenters. The predicted octanol–water partition coefficient (Wildman–Crippen LogP) is 5.57. The van der Waals surface area contributed by atoms with Crippen molar-refractivity contribution in [2.24, 2.45) is 0 Å². The van der Waals surface area contributed by atoms with Gasteiger partial charge in [-0.25, -0.2) is 0 Å². The molecule has 1 amide bonds. The van der Waals surface area contributed by atoms with Crippen molar-refractivity contribution in [3.05, 3.63) is 84.8 Å². The number of aromatic nitrogens is 1. The van der Waals surface area contributed by atoms with Crippen LogP contribution in [0.5, 0.6) is 0 Å². The van der Waals surface area contributed by atoms with E-state index in [1.807, 2.05) is 19.1 Å². The molecule has 0 aliphatic carbocycles. The molecule has 1 aliphatic heterocycles. The third-order valence-electron chi connectivity index (χ3n) is 6.62. The number of nitrogens with one attached hydrogen (secondary N) is 2. The number of allylic oxidation sites excluding steroid dienone is 1. The second-order valence-electron chi connectivity index (χ2n) is 9.28. The molecule has 8 heteroatoms. The number of benzene rings is 2. The van der Waals surface area contributed by atoms with Gasteiger partial charge in [-0.3, -0.25) is 9.59 Å². The lowest BCUT2D eigenvalue weighted by atomic mass is 10.0. The van der Waals surface area contributed by atoms with Crippen LogP contribution in [-0.4, -0.2) is 24.0 Å². The average molecular weight is 566 g/mol. The van der Waals surface area contributed by atoms with Gasteiger partial charge in [-0.2, -0.15) is 0 Å². The summed E-state index contributed by atoms with van der Waals surface area (Å²) < 4.78 is 1.06. The van der Waals surface area contributed by atoms with Crippen molar-refractivity contribution in [1.29, 1.82) is 0 Å². The Hall–Kier alpha value is -2.68. The van der Waals surface area contributed by atoms with Crippen LogP contribution in [0.3, 0.4) is 0 Å². The molecule has 0 fully saturated rings. The van der Waals surface area contributed by atoms with Crippen molar-refractivity contribution < 1.29 is 4.79 Å². The van der Waals surface area contributed by atoms with Crippen molar-refractivity contribution >= 4 is 68.1 Å². The van der Waals surface area contributed by atoms with Crippen molar-refractivity contribution in [2.75, 3.05) is 18.0 Å². The van der Waals surface area contributed by atoms with E-state index in [1.54, 1.807) is 6.08 Å². The number of unbranched alkanes of at least 4 members (excludes halogenated alkanes) is 3. The summed E-state index contributed by atoms with van der Waals surface area (Å²) in [6.07, 6.45) is 12.7. The minimum atomic E-state index is -0.237. The molecule has 1 aromatic heterocycles. The molecular formula is C30H35N3O2S3. The fourth-order valence-electron chi connectivity index (χ4n) is 4.73. The molecule has 0 bridgehead atoms. The minimum Gasteiger partial charge on any atom is -0.352 e. The van der Waals surface area contributed by atoms with Gasteiger partial charge in [0.15, 0.2) is 0 Å². The maximum absolute atomic E-state index is 12.5. The first-order chi connectivity index (χ1) is 18.5. The molecule has 200 valence electrons. The van der Waals surface area contributed by atoms with Gasteiger partial charge in [0.05, 0.1) is 4.53 Å². The molecule has 2 N–H and O–H groups in total. The van der Waals surface area contributed by atoms with Crippen molar-refractivity contribution in [3.8, 4) is 0 Å². The van der Waals surface area contributed by atoms with Crippen molar-refractivity contribution in [3.63, 3.8) is 0 Å². The van der Waals surface area contributed by atoms with E-state index in [-0.39, 0.29) is 11.5 Å². The molecule has 0 spiro atoms. The average Bonchev–Trinajstić information content (AvgIpc) is 3.20. The Kier molecular flexibility index (Phi) is 10.4. The Balaban J connectivity index is 1.60. The molecular weight excluding hydrogens is 531 g/mol. The fraction of sp³-hybridized carbons (Fsp3) is 0.333. The third kappa shape index (κ3) is 6.84. The van der Waals surface area contributed by atoms with Crippen LogP contribution in [0.15, 0.2) is 53.3 Å². The number of aromatic amines is 1. The Labute approximate surface area is 237 Å². The number of hydrogen-bond acceptors (Lipinski definition) is 6. The second kappa shape index (κ2) is 13.9. The number of para-hydroxylation sites is 1. The maximum Gasteiger partial charge on any atom is 0.266 e. The van der Waals surface area contributed by atoms with Gasteiger partial charge in [0.2, 0.25) is 0 Å². The summed E-state index contributed by atoms with van der Waals surface area (Å²) in [5.41, 5.74) is 6.27. The molecule has 4 rings (SSSR count). The van der Waals surface area contributed by atoms with E-state index in [4.69, 9.17) is 0 Å². The van der Waals surface area contributed by atoms with E-state index < -0.39 is 0 Å². The number of thiol groups is 1. The highest BCUT2D eigenvalue weighted by Gasteiger charge is 2.20. The number of nitrogens with zero attached hydrogens (tertiary/aromatic N) is 1. The Bertz CT molecular complexity index is 1470. The normalized spacial score (nSPS) is 14.3. The lowest BCUT2D eigenvalue weighted by Gasteiger charge is -2.27. The summed E-state index contributed by atoms with van der Waals surface area (Å²) in [5, 5.41) is 2.75. The van der Waals surface area contributed by atoms with E-state index in [2.05, 4.69) is 76.2 Å². The number of aryl methyl sites for hydroxylation is 2. The first kappa shape index (κ1) is 28.3. The number of amides is 1. The summed E-state index contributed by atoms with van der Waals surface area (Å²) in [5.74, 6) is -0.237. The molecule has 38 heavy (non-hydrogen) atoms. The van der Waals surface area contributed by atoms with Crippen molar-refractivity contribution in [1.82, 2.24) is 10.3 Å². The Morgan fingerprint density at radius 2 is 1.89 bits per heavy atom. The van der Waals surface area contributed by atoms with Crippen LogP contribution in [0.1, 0.15) is 56.2 Å². The maximum atomic E-state index is 12.5. The minimum absolute atomic E-state index is 0.211. The molecule has 1 aliphatic rings. The topological polar surface area (TPSA) is 65.2 Å². The molecule has 0 saturated heterocycles. The number of H-pyrrole nitrogens is 1. The molecule has 2 aromatic carbocycles. The van der Waals surface area contributed by atoms with Crippen LogP contribution in [0.25, 0.3) is 17.1 Å². The number of carbonyl (C=O) groups excluding carboxylic acids is 1. The number of thiazole rings is 1. The van der Waals surface area contributed by atoms with Gasteiger partial charge >= 0.3 is 0 Å². The zero-order valence-electron chi connectivity index (χ0n) is 22.0. The van der Waals surface area contributed by atoms with Crippen LogP contribution >= 0.6 is 33.8 Å². The highest BCUT2D eigenvalue weighted by atomic mass is 33.1. The number of fused-ring (bicyclic) bond motifs is 2. The van der Waals surface area contributed by atoms with Gasteiger partial charge in [-0.15, -0.1) is 23.0 Å². The van der Waals surface area contributed by atoms with Crippen LogP contribution in [-0.2, 0) is 17.6 Å². The van der Waals surface area contributed by atoms with Gasteiger partial charge < -0.3 is 15.2 Å². The van der Waals surface area contributed by atoms with Crippen LogP contribution < -0.4 is 25.0 Å². The second-order valence-corrected chi connectivity index (χ2v) is 11.5. The van der Waals surface area contributed by atoms with Crippen molar-refractivity contribution in [2.45, 2.75) is 52.4 Å². The molecule has 3 aromatic rings. The largest absolute Gasteiger partial charge is 0.352 e. The van der Waals surface area contributed by atoms with Gasteiger partial charge in [0.25, 0.3) is 11.5 Å². The van der Waals surface area contributed by atoms with Gasteiger partial charge in [-0.05, 0) is 67.2 Å².